The fraction of sp³-hybridized carbons (Fsp3) is 0.111. The maximum absolute atomic E-state index is 12.6. The average Bonchev–Trinajstić information content (AvgIpc) is 2.19. The molecular formula is C9H8FNO3. The first-order chi connectivity index (χ1) is 6.63. The van der Waals surface area contributed by atoms with Crippen LogP contribution >= 0.6 is 0 Å². The van der Waals surface area contributed by atoms with Crippen molar-refractivity contribution in [2.75, 3.05) is 7.11 Å². The third-order valence-electron chi connectivity index (χ3n) is 1.47. The van der Waals surface area contributed by atoms with Crippen molar-refractivity contribution in [3.63, 3.8) is 0 Å². The standard InChI is InChI=1S/C9H8FNO3/c1-14-8-3-2-6(5-11-8)4-7(10)9(12)13/h2-5H,1H3,(H,12,13)/b7-4+. The summed E-state index contributed by atoms with van der Waals surface area (Å²) in [6.07, 6.45) is 2.20. The lowest BCUT2D eigenvalue weighted by Crippen LogP contribution is -1.94. The summed E-state index contributed by atoms with van der Waals surface area (Å²) in [7, 11) is 1.45. The molecule has 0 bridgehead atoms. The summed E-state index contributed by atoms with van der Waals surface area (Å²) < 4.78 is 17.4. The molecule has 0 aliphatic carbocycles. The van der Waals surface area contributed by atoms with Crippen LogP contribution in [-0.4, -0.2) is 23.2 Å². The molecule has 1 aromatic rings. The van der Waals surface area contributed by atoms with Gasteiger partial charge in [0.1, 0.15) is 0 Å². The second-order valence-corrected chi connectivity index (χ2v) is 2.43. The van der Waals surface area contributed by atoms with Gasteiger partial charge in [-0.3, -0.25) is 0 Å². The largest absolute Gasteiger partial charge is 0.481 e. The number of aliphatic carboxylic acids is 1. The van der Waals surface area contributed by atoms with Gasteiger partial charge in [-0.1, -0.05) is 0 Å². The predicted octanol–water partition coefficient (Wildman–Crippen LogP) is 1.49. The number of carboxylic acid groups (broad SMARTS) is 1. The highest BCUT2D eigenvalue weighted by Gasteiger charge is 2.04. The molecule has 1 rings (SSSR count). The van der Waals surface area contributed by atoms with Gasteiger partial charge < -0.3 is 9.84 Å². The van der Waals surface area contributed by atoms with Crippen LogP contribution in [0.2, 0.25) is 0 Å². The molecule has 0 unspecified atom stereocenters. The van der Waals surface area contributed by atoms with Crippen LogP contribution < -0.4 is 4.74 Å². The Morgan fingerprint density at radius 3 is 2.79 bits per heavy atom. The minimum Gasteiger partial charge on any atom is -0.481 e. The highest BCUT2D eigenvalue weighted by atomic mass is 19.1. The van der Waals surface area contributed by atoms with E-state index in [9.17, 15) is 9.18 Å². The van der Waals surface area contributed by atoms with Crippen molar-refractivity contribution in [3.8, 4) is 5.88 Å². The van der Waals surface area contributed by atoms with Gasteiger partial charge in [0.05, 0.1) is 7.11 Å². The lowest BCUT2D eigenvalue weighted by Gasteiger charge is -1.97. The third kappa shape index (κ3) is 2.55. The van der Waals surface area contributed by atoms with Gasteiger partial charge in [0.2, 0.25) is 11.7 Å². The Hall–Kier alpha value is -1.91. The van der Waals surface area contributed by atoms with E-state index in [2.05, 4.69) is 4.98 Å². The molecule has 5 heteroatoms. The first kappa shape index (κ1) is 10.2. The molecule has 0 amide bonds. The number of hydrogen-bond donors (Lipinski definition) is 1. The van der Waals surface area contributed by atoms with Crippen LogP contribution in [0, 0.1) is 0 Å². The summed E-state index contributed by atoms with van der Waals surface area (Å²) in [5.41, 5.74) is 0.366. The molecule has 0 saturated carbocycles. The maximum Gasteiger partial charge on any atom is 0.364 e. The zero-order valence-corrected chi connectivity index (χ0v) is 7.40. The Bertz CT molecular complexity index is 359. The molecule has 0 saturated heterocycles. The third-order valence-corrected chi connectivity index (χ3v) is 1.47. The lowest BCUT2D eigenvalue weighted by atomic mass is 10.2. The summed E-state index contributed by atoms with van der Waals surface area (Å²) in [4.78, 5) is 13.9. The van der Waals surface area contributed by atoms with Crippen LogP contribution in [-0.2, 0) is 4.79 Å². The summed E-state index contributed by atoms with van der Waals surface area (Å²) in [5.74, 6) is -2.43. The number of ether oxygens (including phenoxy) is 1. The van der Waals surface area contributed by atoms with E-state index in [1.54, 1.807) is 0 Å². The number of methoxy groups -OCH3 is 1. The minimum atomic E-state index is -1.60. The van der Waals surface area contributed by atoms with Gasteiger partial charge in [-0.15, -0.1) is 0 Å². The normalized spacial score (nSPS) is 11.1. The van der Waals surface area contributed by atoms with Crippen LogP contribution in [0.15, 0.2) is 24.2 Å². The molecular weight excluding hydrogens is 189 g/mol. The Kier molecular flexibility index (Phi) is 3.17. The molecule has 1 aromatic heterocycles. The number of aromatic nitrogens is 1. The van der Waals surface area contributed by atoms with Gasteiger partial charge in [-0.2, -0.15) is 4.39 Å². The van der Waals surface area contributed by atoms with Crippen molar-refractivity contribution >= 4 is 12.0 Å². The Labute approximate surface area is 79.7 Å². The number of pyridine rings is 1. The van der Waals surface area contributed by atoms with Crippen LogP contribution in [0.1, 0.15) is 5.56 Å². The second-order valence-electron chi connectivity index (χ2n) is 2.43. The fourth-order valence-corrected chi connectivity index (χ4v) is 0.806. The van der Waals surface area contributed by atoms with E-state index in [4.69, 9.17) is 9.84 Å². The Balaban J connectivity index is 2.88. The smallest absolute Gasteiger partial charge is 0.364 e. The molecule has 1 heterocycles. The highest BCUT2D eigenvalue weighted by Crippen LogP contribution is 2.10. The van der Waals surface area contributed by atoms with Gasteiger partial charge in [-0.05, 0) is 17.7 Å². The second kappa shape index (κ2) is 4.36. The van der Waals surface area contributed by atoms with E-state index in [1.807, 2.05) is 0 Å². The van der Waals surface area contributed by atoms with Crippen molar-refractivity contribution in [1.82, 2.24) is 4.98 Å². The van der Waals surface area contributed by atoms with E-state index < -0.39 is 11.8 Å². The number of nitrogens with zero attached hydrogens (tertiary/aromatic N) is 1. The molecule has 0 radical (unpaired) electrons. The van der Waals surface area contributed by atoms with Gasteiger partial charge >= 0.3 is 5.97 Å². The van der Waals surface area contributed by atoms with E-state index in [0.717, 1.165) is 6.08 Å². The van der Waals surface area contributed by atoms with Gasteiger partial charge in [0, 0.05) is 12.3 Å². The number of carbonyl (C=O) groups is 1. The van der Waals surface area contributed by atoms with Gasteiger partial charge in [-0.25, -0.2) is 9.78 Å². The number of rotatable bonds is 3. The highest BCUT2D eigenvalue weighted by molar-refractivity contribution is 5.89. The first-order valence-electron chi connectivity index (χ1n) is 3.74. The molecule has 0 fully saturated rings. The molecule has 0 spiro atoms. The van der Waals surface area contributed by atoms with Crippen LogP contribution in [0.25, 0.3) is 6.08 Å². The molecule has 0 aliphatic rings. The molecule has 74 valence electrons. The summed E-state index contributed by atoms with van der Waals surface area (Å²) in [5, 5.41) is 8.26. The summed E-state index contributed by atoms with van der Waals surface area (Å²) in [6.45, 7) is 0. The predicted molar refractivity (Wildman–Crippen MR) is 47.5 cm³/mol. The fourth-order valence-electron chi connectivity index (χ4n) is 0.806. The average molecular weight is 197 g/mol. The zero-order chi connectivity index (χ0) is 10.6. The minimum absolute atomic E-state index is 0.366. The zero-order valence-electron chi connectivity index (χ0n) is 7.40. The van der Waals surface area contributed by atoms with E-state index in [1.165, 1.54) is 25.4 Å². The monoisotopic (exact) mass is 197 g/mol. The van der Waals surface area contributed by atoms with Crippen LogP contribution in [0.5, 0.6) is 5.88 Å². The van der Waals surface area contributed by atoms with E-state index >= 15 is 0 Å². The van der Waals surface area contributed by atoms with Crippen molar-refractivity contribution < 1.29 is 19.0 Å². The molecule has 0 aliphatic heterocycles. The Morgan fingerprint density at radius 1 is 1.64 bits per heavy atom. The maximum atomic E-state index is 12.6. The molecule has 0 aromatic carbocycles. The van der Waals surface area contributed by atoms with Crippen molar-refractivity contribution in [2.45, 2.75) is 0 Å². The van der Waals surface area contributed by atoms with Crippen molar-refractivity contribution in [2.24, 2.45) is 0 Å². The van der Waals surface area contributed by atoms with Crippen molar-refractivity contribution in [3.05, 3.63) is 29.7 Å². The molecule has 4 nitrogen and oxygen atoms in total. The SMILES string of the molecule is COc1ccc(/C=C(/F)C(=O)O)cn1. The van der Waals surface area contributed by atoms with E-state index in [-0.39, 0.29) is 0 Å². The van der Waals surface area contributed by atoms with Crippen LogP contribution in [0.3, 0.4) is 0 Å². The van der Waals surface area contributed by atoms with E-state index in [0.29, 0.717) is 11.4 Å². The molecule has 0 atom stereocenters. The quantitative estimate of drug-likeness (QED) is 0.745. The molecule has 1 N–H and O–H groups in total. The van der Waals surface area contributed by atoms with Gasteiger partial charge in [0.25, 0.3) is 0 Å². The lowest BCUT2D eigenvalue weighted by molar-refractivity contribution is -0.134. The molecule has 14 heavy (non-hydrogen) atoms. The summed E-state index contributed by atoms with van der Waals surface area (Å²) >= 11 is 0. The number of hydrogen-bond acceptors (Lipinski definition) is 3. The van der Waals surface area contributed by atoms with Gasteiger partial charge in [0.15, 0.2) is 0 Å². The van der Waals surface area contributed by atoms with Crippen LogP contribution in [0.4, 0.5) is 4.39 Å². The number of carboxylic acids is 1. The summed E-state index contributed by atoms with van der Waals surface area (Å²) in [6, 6.07) is 3.02. The first-order valence-corrected chi connectivity index (χ1v) is 3.74. The topological polar surface area (TPSA) is 59.4 Å². The Morgan fingerprint density at radius 2 is 2.36 bits per heavy atom. The van der Waals surface area contributed by atoms with Crippen molar-refractivity contribution in [1.29, 1.82) is 0 Å². The number of halogens is 1.